The molecule has 4 nitrogen and oxygen atoms in total. The Kier molecular flexibility index (Phi) is 3.44. The quantitative estimate of drug-likeness (QED) is 0.816. The first-order valence-electron chi connectivity index (χ1n) is 4.70. The Morgan fingerprint density at radius 3 is 1.94 bits per heavy atom. The molecule has 16 heavy (non-hydrogen) atoms. The Morgan fingerprint density at radius 2 is 1.56 bits per heavy atom. The first kappa shape index (κ1) is 13.2. The van der Waals surface area contributed by atoms with Crippen molar-refractivity contribution in [3.8, 4) is 0 Å². The van der Waals surface area contributed by atoms with Gasteiger partial charge in [-0.05, 0) is 18.1 Å². The summed E-state index contributed by atoms with van der Waals surface area (Å²) in [4.78, 5) is -0.186. The van der Waals surface area contributed by atoms with E-state index in [1.54, 1.807) is 19.1 Å². The Bertz CT molecular complexity index is 598. The van der Waals surface area contributed by atoms with Gasteiger partial charge >= 0.3 is 0 Å². The van der Waals surface area contributed by atoms with Gasteiger partial charge in [-0.1, -0.05) is 19.1 Å². The molecule has 0 aliphatic carbocycles. The fourth-order valence-corrected chi connectivity index (χ4v) is 4.38. The van der Waals surface area contributed by atoms with E-state index in [9.17, 15) is 16.8 Å². The molecule has 0 fully saturated rings. The molecule has 0 amide bonds. The zero-order valence-corrected chi connectivity index (χ0v) is 11.0. The molecule has 0 heterocycles. The molecule has 0 unspecified atom stereocenters. The molecule has 0 aromatic heterocycles. The van der Waals surface area contributed by atoms with Gasteiger partial charge in [-0.2, -0.15) is 0 Å². The van der Waals surface area contributed by atoms with E-state index in [0.29, 0.717) is 12.0 Å². The monoisotopic (exact) mass is 262 g/mol. The number of benzene rings is 1. The maximum atomic E-state index is 11.6. The van der Waals surface area contributed by atoms with Crippen LogP contribution >= 0.6 is 0 Å². The van der Waals surface area contributed by atoms with Crippen LogP contribution < -0.4 is 0 Å². The molecule has 6 heteroatoms. The van der Waals surface area contributed by atoms with E-state index in [0.717, 1.165) is 12.5 Å². The smallest absolute Gasteiger partial charge is 0.177 e. The summed E-state index contributed by atoms with van der Waals surface area (Å²) in [6.07, 6.45) is 2.51. The highest BCUT2D eigenvalue weighted by Crippen LogP contribution is 2.25. The summed E-state index contributed by atoms with van der Waals surface area (Å²) < 4.78 is 46.2. The van der Waals surface area contributed by atoms with E-state index >= 15 is 0 Å². The van der Waals surface area contributed by atoms with Crippen LogP contribution in [0.5, 0.6) is 0 Å². The molecule has 0 radical (unpaired) electrons. The minimum Gasteiger partial charge on any atom is -0.224 e. The van der Waals surface area contributed by atoms with Crippen LogP contribution in [0.2, 0.25) is 0 Å². The van der Waals surface area contributed by atoms with Crippen LogP contribution in [0.1, 0.15) is 12.5 Å². The highest BCUT2D eigenvalue weighted by Gasteiger charge is 2.22. The van der Waals surface area contributed by atoms with E-state index in [1.807, 2.05) is 0 Å². The predicted octanol–water partition coefficient (Wildman–Crippen LogP) is 1.06. The summed E-state index contributed by atoms with van der Waals surface area (Å²) >= 11 is 0. The van der Waals surface area contributed by atoms with Gasteiger partial charge in [-0.15, -0.1) is 0 Å². The van der Waals surface area contributed by atoms with Crippen molar-refractivity contribution in [2.24, 2.45) is 0 Å². The van der Waals surface area contributed by atoms with Gasteiger partial charge in [0.1, 0.15) is 0 Å². The Labute approximate surface area is 96.1 Å². The molecule has 0 aliphatic rings. The van der Waals surface area contributed by atoms with Crippen molar-refractivity contribution in [1.29, 1.82) is 0 Å². The highest BCUT2D eigenvalue weighted by molar-refractivity contribution is 7.93. The molecule has 1 aromatic rings. The molecule has 0 spiro atoms. The normalized spacial score (nSPS) is 12.7. The molecule has 1 rings (SSSR count). The Balaban J connectivity index is 3.79. The Morgan fingerprint density at radius 1 is 1.00 bits per heavy atom. The van der Waals surface area contributed by atoms with E-state index < -0.39 is 19.7 Å². The third-order valence-corrected chi connectivity index (χ3v) is 4.70. The van der Waals surface area contributed by atoms with Gasteiger partial charge < -0.3 is 0 Å². The van der Waals surface area contributed by atoms with E-state index in [2.05, 4.69) is 0 Å². The van der Waals surface area contributed by atoms with Crippen molar-refractivity contribution < 1.29 is 16.8 Å². The lowest BCUT2D eigenvalue weighted by Crippen LogP contribution is -2.10. The summed E-state index contributed by atoms with van der Waals surface area (Å²) in [6.45, 7) is 1.79. The van der Waals surface area contributed by atoms with Gasteiger partial charge in [-0.3, -0.25) is 0 Å². The summed E-state index contributed by atoms with van der Waals surface area (Å²) in [5.74, 6) is 0. The molecule has 0 bridgehead atoms. The molecule has 0 aliphatic heterocycles. The number of rotatable bonds is 3. The maximum Gasteiger partial charge on any atom is 0.177 e. The average Bonchev–Trinajstić information content (AvgIpc) is 2.13. The molecular weight excluding hydrogens is 248 g/mol. The standard InChI is InChI=1S/C10H14O4S2/c1-4-8-6-5-7-9(15(2,11)12)10(8)16(3,13)14/h5-7H,4H2,1-3H3. The van der Waals surface area contributed by atoms with Gasteiger partial charge in [0.25, 0.3) is 0 Å². The predicted molar refractivity (Wildman–Crippen MR) is 62.0 cm³/mol. The van der Waals surface area contributed by atoms with Gasteiger partial charge in [0.2, 0.25) is 0 Å². The van der Waals surface area contributed by atoms with Gasteiger partial charge in [0.15, 0.2) is 19.7 Å². The van der Waals surface area contributed by atoms with E-state index in [-0.39, 0.29) is 9.79 Å². The second kappa shape index (κ2) is 4.18. The summed E-state index contributed by atoms with van der Waals surface area (Å²) in [6, 6.07) is 4.51. The van der Waals surface area contributed by atoms with Gasteiger partial charge in [0, 0.05) is 12.5 Å². The van der Waals surface area contributed by atoms with Crippen molar-refractivity contribution in [1.82, 2.24) is 0 Å². The minimum atomic E-state index is -3.54. The molecular formula is C10H14O4S2. The molecule has 1 aromatic carbocycles. The number of sulfone groups is 2. The number of hydrogen-bond acceptors (Lipinski definition) is 4. The topological polar surface area (TPSA) is 68.3 Å². The van der Waals surface area contributed by atoms with Crippen LogP contribution in [0.25, 0.3) is 0 Å². The van der Waals surface area contributed by atoms with Crippen molar-refractivity contribution in [3.63, 3.8) is 0 Å². The van der Waals surface area contributed by atoms with E-state index in [1.165, 1.54) is 6.07 Å². The van der Waals surface area contributed by atoms with Crippen molar-refractivity contribution in [3.05, 3.63) is 23.8 Å². The minimum absolute atomic E-state index is 0.0694. The first-order chi connectivity index (χ1) is 7.18. The lowest BCUT2D eigenvalue weighted by Gasteiger charge is -2.10. The SMILES string of the molecule is CCc1cccc(S(C)(=O)=O)c1S(C)(=O)=O. The van der Waals surface area contributed by atoms with Crippen LogP contribution in [0.3, 0.4) is 0 Å². The van der Waals surface area contributed by atoms with Crippen LogP contribution in [0.4, 0.5) is 0 Å². The second-order valence-electron chi connectivity index (χ2n) is 3.64. The number of hydrogen-bond donors (Lipinski definition) is 0. The van der Waals surface area contributed by atoms with Crippen LogP contribution in [-0.4, -0.2) is 29.3 Å². The van der Waals surface area contributed by atoms with Crippen molar-refractivity contribution in [2.75, 3.05) is 12.5 Å². The Hall–Kier alpha value is -0.880. The highest BCUT2D eigenvalue weighted by atomic mass is 32.2. The zero-order chi connectivity index (χ0) is 12.6. The molecule has 0 saturated heterocycles. The van der Waals surface area contributed by atoms with Gasteiger partial charge in [0.05, 0.1) is 9.79 Å². The first-order valence-corrected chi connectivity index (χ1v) is 8.48. The molecule has 0 N–H and O–H groups in total. The van der Waals surface area contributed by atoms with Crippen LogP contribution in [0.15, 0.2) is 28.0 Å². The van der Waals surface area contributed by atoms with Crippen molar-refractivity contribution in [2.45, 2.75) is 23.1 Å². The fraction of sp³-hybridized carbons (Fsp3) is 0.400. The fourth-order valence-electron chi connectivity index (χ4n) is 1.55. The molecule has 0 saturated carbocycles. The van der Waals surface area contributed by atoms with Gasteiger partial charge in [-0.25, -0.2) is 16.8 Å². The van der Waals surface area contributed by atoms with Crippen molar-refractivity contribution >= 4 is 19.7 Å². The van der Waals surface area contributed by atoms with Crippen LogP contribution in [0, 0.1) is 0 Å². The summed E-state index contributed by atoms with van der Waals surface area (Å²) in [5, 5.41) is 0. The molecule has 90 valence electrons. The number of aryl methyl sites for hydroxylation is 1. The lowest BCUT2D eigenvalue weighted by molar-refractivity contribution is 0.587. The largest absolute Gasteiger partial charge is 0.224 e. The van der Waals surface area contributed by atoms with E-state index in [4.69, 9.17) is 0 Å². The second-order valence-corrected chi connectivity index (χ2v) is 7.58. The lowest BCUT2D eigenvalue weighted by atomic mass is 10.2. The zero-order valence-electron chi connectivity index (χ0n) is 9.39. The average molecular weight is 262 g/mol. The maximum absolute atomic E-state index is 11.6. The third-order valence-electron chi connectivity index (χ3n) is 2.21. The third kappa shape index (κ3) is 2.62. The summed E-state index contributed by atoms with van der Waals surface area (Å²) in [5.41, 5.74) is 0.533. The van der Waals surface area contributed by atoms with Crippen LogP contribution in [-0.2, 0) is 26.1 Å². The summed E-state index contributed by atoms with van der Waals surface area (Å²) in [7, 11) is -7.07. The molecule has 0 atom stereocenters.